The Morgan fingerprint density at radius 3 is 2.33 bits per heavy atom. The Labute approximate surface area is 182 Å². The second kappa shape index (κ2) is 8.65. The van der Waals surface area contributed by atoms with Gasteiger partial charge in [-0.05, 0) is 36.4 Å². The molecule has 3 aromatic rings. The maximum Gasteiger partial charge on any atom is 0.339 e. The maximum atomic E-state index is 13.0. The highest BCUT2D eigenvalue weighted by atomic mass is 35.5. The third-order valence-electron chi connectivity index (χ3n) is 4.30. The molecule has 0 radical (unpaired) electrons. The molecule has 6 nitrogen and oxygen atoms in total. The van der Waals surface area contributed by atoms with E-state index in [1.807, 2.05) is 0 Å². The van der Waals surface area contributed by atoms with Crippen molar-refractivity contribution in [3.63, 3.8) is 0 Å². The van der Waals surface area contributed by atoms with Crippen molar-refractivity contribution in [3.05, 3.63) is 87.9 Å². The highest BCUT2D eigenvalue weighted by Crippen LogP contribution is 2.33. The van der Waals surface area contributed by atoms with Crippen molar-refractivity contribution in [1.82, 2.24) is 0 Å². The summed E-state index contributed by atoms with van der Waals surface area (Å²) >= 11 is 12.0. The maximum absolute atomic E-state index is 13.0. The summed E-state index contributed by atoms with van der Waals surface area (Å²) < 4.78 is 16.1. The van der Waals surface area contributed by atoms with Gasteiger partial charge in [0.05, 0.1) is 5.56 Å². The van der Waals surface area contributed by atoms with Gasteiger partial charge in [-0.2, -0.15) is 0 Å². The molecule has 1 aliphatic heterocycles. The second-order valence-corrected chi connectivity index (χ2v) is 7.28. The van der Waals surface area contributed by atoms with Crippen LogP contribution in [0.5, 0.6) is 11.5 Å². The zero-order valence-corrected chi connectivity index (χ0v) is 16.9. The van der Waals surface area contributed by atoms with E-state index in [9.17, 15) is 9.59 Å². The first-order valence-corrected chi connectivity index (χ1v) is 9.68. The minimum absolute atomic E-state index is 0.0884. The average molecular weight is 444 g/mol. The number of esters is 1. The molecule has 1 heterocycles. The van der Waals surface area contributed by atoms with E-state index in [0.29, 0.717) is 32.8 Å². The van der Waals surface area contributed by atoms with Crippen molar-refractivity contribution < 1.29 is 23.8 Å². The fourth-order valence-electron chi connectivity index (χ4n) is 2.93. The van der Waals surface area contributed by atoms with Gasteiger partial charge in [-0.15, -0.1) is 0 Å². The van der Waals surface area contributed by atoms with Crippen LogP contribution in [0, 0.1) is 0 Å². The van der Waals surface area contributed by atoms with Crippen LogP contribution in [0.2, 0.25) is 10.0 Å². The van der Waals surface area contributed by atoms with E-state index in [1.54, 1.807) is 60.7 Å². The quantitative estimate of drug-likeness (QED) is 0.544. The number of amides is 1. The summed E-state index contributed by atoms with van der Waals surface area (Å²) in [6.07, 6.45) is -1.19. The summed E-state index contributed by atoms with van der Waals surface area (Å²) in [5, 5.41) is 3.43. The zero-order valence-electron chi connectivity index (χ0n) is 15.4. The fraction of sp³-hybridized carbons (Fsp3) is 0.0909. The van der Waals surface area contributed by atoms with Crippen LogP contribution in [0.25, 0.3) is 0 Å². The first-order chi connectivity index (χ1) is 14.5. The molecule has 1 N–H and O–H groups in total. The lowest BCUT2D eigenvalue weighted by molar-refractivity contribution is -0.125. The molecule has 0 aliphatic carbocycles. The highest BCUT2D eigenvalue weighted by molar-refractivity contribution is 6.35. The summed E-state index contributed by atoms with van der Waals surface area (Å²) in [6, 6.07) is 18.0. The van der Waals surface area contributed by atoms with Crippen molar-refractivity contribution in [1.29, 1.82) is 0 Å². The van der Waals surface area contributed by atoms with Gasteiger partial charge in [-0.1, -0.05) is 53.5 Å². The van der Waals surface area contributed by atoms with E-state index in [-0.39, 0.29) is 12.4 Å². The number of rotatable bonds is 5. The highest BCUT2D eigenvalue weighted by Gasteiger charge is 2.27. The Hall–Kier alpha value is -3.22. The van der Waals surface area contributed by atoms with Gasteiger partial charge < -0.3 is 19.5 Å². The zero-order chi connectivity index (χ0) is 21.1. The third kappa shape index (κ3) is 4.50. The predicted octanol–water partition coefficient (Wildman–Crippen LogP) is 5.26. The summed E-state index contributed by atoms with van der Waals surface area (Å²) in [6.45, 7) is 0.0884. The minimum Gasteiger partial charge on any atom is -0.454 e. The Morgan fingerprint density at radius 1 is 0.900 bits per heavy atom. The Balaban J connectivity index is 1.58. The van der Waals surface area contributed by atoms with Gasteiger partial charge in [0.25, 0.3) is 5.91 Å². The number of nitrogens with one attached hydrogen (secondary N) is 1. The predicted molar refractivity (Wildman–Crippen MR) is 112 cm³/mol. The van der Waals surface area contributed by atoms with Crippen LogP contribution in [0.3, 0.4) is 0 Å². The fourth-order valence-corrected chi connectivity index (χ4v) is 3.46. The lowest BCUT2D eigenvalue weighted by atomic mass is 10.1. The number of fused-ring (bicyclic) bond motifs is 1. The van der Waals surface area contributed by atoms with Crippen molar-refractivity contribution in [2.24, 2.45) is 0 Å². The number of carbonyl (C=O) groups excluding carboxylic acids is 2. The molecule has 4 rings (SSSR count). The molecule has 0 aromatic heterocycles. The van der Waals surface area contributed by atoms with E-state index < -0.39 is 18.0 Å². The molecule has 1 atom stereocenters. The summed E-state index contributed by atoms with van der Waals surface area (Å²) in [5.74, 6) is -0.240. The monoisotopic (exact) mass is 443 g/mol. The molecule has 30 heavy (non-hydrogen) atoms. The van der Waals surface area contributed by atoms with E-state index in [4.69, 9.17) is 37.4 Å². The van der Waals surface area contributed by atoms with Crippen LogP contribution in [-0.4, -0.2) is 18.7 Å². The number of hydrogen-bond acceptors (Lipinski definition) is 5. The smallest absolute Gasteiger partial charge is 0.339 e. The average Bonchev–Trinajstić information content (AvgIpc) is 3.19. The first kappa shape index (κ1) is 20.1. The van der Waals surface area contributed by atoms with Gasteiger partial charge in [0.15, 0.2) is 11.5 Å². The topological polar surface area (TPSA) is 73.9 Å². The molecule has 152 valence electrons. The first-order valence-electron chi connectivity index (χ1n) is 8.92. The second-order valence-electron chi connectivity index (χ2n) is 6.41. The van der Waals surface area contributed by atoms with Gasteiger partial charge in [-0.25, -0.2) is 4.79 Å². The number of carbonyl (C=O) groups is 2. The minimum atomic E-state index is -1.19. The van der Waals surface area contributed by atoms with E-state index in [2.05, 4.69) is 5.32 Å². The molecular formula is C22H15Cl2NO5. The number of ether oxygens (including phenoxy) is 3. The molecule has 0 saturated heterocycles. The van der Waals surface area contributed by atoms with Crippen molar-refractivity contribution in [2.75, 3.05) is 12.1 Å². The molecular weight excluding hydrogens is 429 g/mol. The van der Waals surface area contributed by atoms with Crippen molar-refractivity contribution in [2.45, 2.75) is 6.10 Å². The van der Waals surface area contributed by atoms with Gasteiger partial charge in [-0.3, -0.25) is 4.79 Å². The number of hydrogen-bond donors (Lipinski definition) is 1. The van der Waals surface area contributed by atoms with Crippen molar-refractivity contribution >= 4 is 40.8 Å². The van der Waals surface area contributed by atoms with Crippen LogP contribution < -0.4 is 14.8 Å². The van der Waals surface area contributed by atoms with Gasteiger partial charge >= 0.3 is 5.97 Å². The Bertz CT molecular complexity index is 1080. The Morgan fingerprint density at radius 2 is 1.60 bits per heavy atom. The Kier molecular flexibility index (Phi) is 5.79. The summed E-state index contributed by atoms with van der Waals surface area (Å²) in [7, 11) is 0. The van der Waals surface area contributed by atoms with Crippen LogP contribution in [0.15, 0.2) is 66.7 Å². The third-order valence-corrected chi connectivity index (χ3v) is 4.74. The van der Waals surface area contributed by atoms with Crippen LogP contribution in [0.1, 0.15) is 22.0 Å². The summed E-state index contributed by atoms with van der Waals surface area (Å²) in [5.41, 5.74) is 1.13. The number of benzene rings is 3. The van der Waals surface area contributed by atoms with Gasteiger partial charge in [0.1, 0.15) is 0 Å². The van der Waals surface area contributed by atoms with Gasteiger partial charge in [0, 0.05) is 21.3 Å². The molecule has 0 saturated carbocycles. The number of halogens is 2. The summed E-state index contributed by atoms with van der Waals surface area (Å²) in [4.78, 5) is 25.7. The largest absolute Gasteiger partial charge is 0.454 e. The molecule has 0 fully saturated rings. The molecule has 1 amide bonds. The standard InChI is InChI=1S/C22H15Cl2NO5/c23-15-9-16(24)11-17(10-15)25-21(26)20(13-4-2-1-3-5-13)30-22(27)14-6-7-18-19(8-14)29-12-28-18/h1-11,20H,12H2,(H,25,26)/t20-/m1/s1. The van der Waals surface area contributed by atoms with Crippen LogP contribution in [0.4, 0.5) is 5.69 Å². The normalized spacial score (nSPS) is 12.9. The van der Waals surface area contributed by atoms with Crippen LogP contribution >= 0.6 is 23.2 Å². The molecule has 0 spiro atoms. The molecule has 8 heteroatoms. The van der Waals surface area contributed by atoms with E-state index in [1.165, 1.54) is 6.07 Å². The van der Waals surface area contributed by atoms with E-state index in [0.717, 1.165) is 0 Å². The van der Waals surface area contributed by atoms with Crippen molar-refractivity contribution in [3.8, 4) is 11.5 Å². The molecule has 0 unspecified atom stereocenters. The van der Waals surface area contributed by atoms with Gasteiger partial charge in [0.2, 0.25) is 12.9 Å². The molecule has 3 aromatic carbocycles. The SMILES string of the molecule is O=C(O[C@@H](C(=O)Nc1cc(Cl)cc(Cl)c1)c1ccccc1)c1ccc2c(c1)OCO2. The van der Waals surface area contributed by atoms with E-state index >= 15 is 0 Å². The lowest BCUT2D eigenvalue weighted by Gasteiger charge is -2.18. The lowest BCUT2D eigenvalue weighted by Crippen LogP contribution is -2.26. The van der Waals surface area contributed by atoms with Crippen LogP contribution in [-0.2, 0) is 9.53 Å². The molecule has 0 bridgehead atoms. The number of anilines is 1. The molecule has 1 aliphatic rings.